The van der Waals surface area contributed by atoms with Gasteiger partial charge in [-0.2, -0.15) is 0 Å². The highest BCUT2D eigenvalue weighted by molar-refractivity contribution is 5.95. The average molecular weight is 271 g/mol. The number of fused-ring (bicyclic) bond motifs is 5. The summed E-state index contributed by atoms with van der Waals surface area (Å²) in [5.41, 5.74) is 1.99. The second kappa shape index (κ2) is 4.59. The number of aliphatic hydroxyl groups excluding tert-OH is 1. The lowest BCUT2D eigenvalue weighted by Gasteiger charge is -2.10. The number of carbonyl (C=O) groups excluding carboxylic acids is 1. The van der Waals surface area contributed by atoms with Crippen molar-refractivity contribution in [3.63, 3.8) is 0 Å². The van der Waals surface area contributed by atoms with Gasteiger partial charge in [0, 0.05) is 18.2 Å². The summed E-state index contributed by atoms with van der Waals surface area (Å²) in [6.07, 6.45) is 4.76. The summed E-state index contributed by atoms with van der Waals surface area (Å²) in [4.78, 5) is 12.4. The van der Waals surface area contributed by atoms with Crippen LogP contribution in [0.3, 0.4) is 0 Å². The molecule has 3 nitrogen and oxygen atoms in total. The van der Waals surface area contributed by atoms with E-state index in [2.05, 4.69) is 5.32 Å². The van der Waals surface area contributed by atoms with E-state index in [4.69, 9.17) is 5.11 Å². The first-order valence-electron chi connectivity index (χ1n) is 7.78. The Labute approximate surface area is 119 Å². The Bertz CT molecular complexity index is 508. The van der Waals surface area contributed by atoms with E-state index in [1.54, 1.807) is 0 Å². The molecule has 3 saturated carbocycles. The summed E-state index contributed by atoms with van der Waals surface area (Å²) >= 11 is 0. The molecule has 2 bridgehead atoms. The Balaban J connectivity index is 1.39. The maximum absolute atomic E-state index is 12.4. The smallest absolute Gasteiger partial charge is 0.228 e. The molecule has 4 unspecified atom stereocenters. The molecule has 0 aromatic heterocycles. The Kier molecular flexibility index (Phi) is 2.84. The van der Waals surface area contributed by atoms with Crippen molar-refractivity contribution in [3.8, 4) is 0 Å². The lowest BCUT2D eigenvalue weighted by molar-refractivity contribution is -0.118. The van der Waals surface area contributed by atoms with Gasteiger partial charge in [0.25, 0.3) is 0 Å². The van der Waals surface area contributed by atoms with E-state index >= 15 is 0 Å². The molecule has 106 valence electrons. The third-order valence-electron chi connectivity index (χ3n) is 5.66. The fraction of sp³-hybridized carbons (Fsp3) is 0.588. The molecule has 3 aliphatic rings. The van der Waals surface area contributed by atoms with Crippen LogP contribution in [0.5, 0.6) is 0 Å². The van der Waals surface area contributed by atoms with Gasteiger partial charge >= 0.3 is 0 Å². The molecule has 0 aliphatic heterocycles. The summed E-state index contributed by atoms with van der Waals surface area (Å²) in [6.45, 7) is 0.167. The van der Waals surface area contributed by atoms with Gasteiger partial charge in [0.05, 0.1) is 0 Å². The number of hydrogen-bond acceptors (Lipinski definition) is 2. The van der Waals surface area contributed by atoms with Crippen LogP contribution in [0.1, 0.15) is 24.8 Å². The van der Waals surface area contributed by atoms with E-state index in [-0.39, 0.29) is 12.5 Å². The molecule has 3 fully saturated rings. The number of carbonyl (C=O) groups is 1. The van der Waals surface area contributed by atoms with Gasteiger partial charge in [-0.05, 0) is 67.1 Å². The molecule has 0 spiro atoms. The van der Waals surface area contributed by atoms with Gasteiger partial charge in [0.1, 0.15) is 0 Å². The summed E-state index contributed by atoms with van der Waals surface area (Å²) in [5.74, 6) is 3.59. The quantitative estimate of drug-likeness (QED) is 0.883. The van der Waals surface area contributed by atoms with Crippen LogP contribution in [-0.4, -0.2) is 17.6 Å². The van der Waals surface area contributed by atoms with Gasteiger partial charge in [-0.25, -0.2) is 0 Å². The molecule has 2 N–H and O–H groups in total. The van der Waals surface area contributed by atoms with Crippen LogP contribution in [0, 0.1) is 29.6 Å². The highest BCUT2D eigenvalue weighted by Crippen LogP contribution is 2.69. The molecule has 4 atom stereocenters. The Morgan fingerprint density at radius 1 is 1.15 bits per heavy atom. The van der Waals surface area contributed by atoms with Crippen molar-refractivity contribution in [3.05, 3.63) is 29.8 Å². The van der Waals surface area contributed by atoms with E-state index in [0.717, 1.165) is 23.1 Å². The van der Waals surface area contributed by atoms with Crippen LogP contribution in [0.15, 0.2) is 24.3 Å². The minimum absolute atomic E-state index is 0.167. The second-order valence-corrected chi connectivity index (χ2v) is 6.67. The maximum Gasteiger partial charge on any atom is 0.228 e. The lowest BCUT2D eigenvalue weighted by Crippen LogP contribution is -2.18. The summed E-state index contributed by atoms with van der Waals surface area (Å²) in [5, 5.41) is 12.0. The van der Waals surface area contributed by atoms with Crippen molar-refractivity contribution in [2.45, 2.75) is 25.7 Å². The fourth-order valence-electron chi connectivity index (χ4n) is 4.79. The number of nitrogens with one attached hydrogen (secondary N) is 1. The van der Waals surface area contributed by atoms with Crippen molar-refractivity contribution in [2.24, 2.45) is 29.6 Å². The van der Waals surface area contributed by atoms with E-state index < -0.39 is 0 Å². The van der Waals surface area contributed by atoms with Gasteiger partial charge in [-0.1, -0.05) is 12.1 Å². The monoisotopic (exact) mass is 271 g/mol. The van der Waals surface area contributed by atoms with Crippen molar-refractivity contribution < 1.29 is 9.90 Å². The number of anilines is 1. The molecule has 1 aromatic carbocycles. The highest BCUT2D eigenvalue weighted by Gasteiger charge is 2.67. The molecule has 0 heterocycles. The van der Waals surface area contributed by atoms with Crippen LogP contribution in [0.25, 0.3) is 0 Å². The van der Waals surface area contributed by atoms with Crippen LogP contribution in [-0.2, 0) is 11.2 Å². The molecule has 3 heteroatoms. The predicted octanol–water partition coefficient (Wildman–Crippen LogP) is 2.45. The van der Waals surface area contributed by atoms with Crippen molar-refractivity contribution in [2.75, 3.05) is 11.9 Å². The second-order valence-electron chi connectivity index (χ2n) is 6.67. The molecule has 1 amide bonds. The topological polar surface area (TPSA) is 49.3 Å². The van der Waals surface area contributed by atoms with Crippen LogP contribution >= 0.6 is 0 Å². The minimum Gasteiger partial charge on any atom is -0.396 e. The zero-order valence-corrected chi connectivity index (χ0v) is 11.6. The number of benzene rings is 1. The number of hydrogen-bond donors (Lipinski definition) is 2. The molecular formula is C17H21NO2. The third kappa shape index (κ3) is 1.87. The molecule has 3 aliphatic carbocycles. The normalized spacial score (nSPS) is 36.8. The Morgan fingerprint density at radius 3 is 2.40 bits per heavy atom. The molecule has 0 radical (unpaired) electrons. The molecule has 4 rings (SSSR count). The zero-order valence-electron chi connectivity index (χ0n) is 11.6. The largest absolute Gasteiger partial charge is 0.396 e. The number of aliphatic hydroxyl groups is 1. The van der Waals surface area contributed by atoms with Gasteiger partial charge in [0.2, 0.25) is 5.91 Å². The summed E-state index contributed by atoms with van der Waals surface area (Å²) < 4.78 is 0. The third-order valence-corrected chi connectivity index (χ3v) is 5.66. The van der Waals surface area contributed by atoms with E-state index in [9.17, 15) is 4.79 Å². The van der Waals surface area contributed by atoms with Crippen molar-refractivity contribution >= 4 is 11.6 Å². The van der Waals surface area contributed by atoms with Crippen molar-refractivity contribution in [1.82, 2.24) is 0 Å². The fourth-order valence-corrected chi connectivity index (χ4v) is 4.79. The predicted molar refractivity (Wildman–Crippen MR) is 77.2 cm³/mol. The van der Waals surface area contributed by atoms with Gasteiger partial charge < -0.3 is 10.4 Å². The Hall–Kier alpha value is -1.35. The van der Waals surface area contributed by atoms with E-state index in [0.29, 0.717) is 24.2 Å². The van der Waals surface area contributed by atoms with E-state index in [1.165, 1.54) is 19.3 Å². The summed E-state index contributed by atoms with van der Waals surface area (Å²) in [6, 6.07) is 7.83. The first-order chi connectivity index (χ1) is 9.78. The molecule has 20 heavy (non-hydrogen) atoms. The Morgan fingerprint density at radius 2 is 1.80 bits per heavy atom. The van der Waals surface area contributed by atoms with Gasteiger partial charge in [0.15, 0.2) is 0 Å². The first-order valence-corrected chi connectivity index (χ1v) is 7.78. The van der Waals surface area contributed by atoms with Gasteiger partial charge in [-0.15, -0.1) is 0 Å². The maximum atomic E-state index is 12.4. The highest BCUT2D eigenvalue weighted by atomic mass is 16.2. The number of amides is 1. The zero-order chi connectivity index (χ0) is 13.7. The van der Waals surface area contributed by atoms with Crippen LogP contribution < -0.4 is 5.32 Å². The average Bonchev–Trinajstić information content (AvgIpc) is 2.90. The van der Waals surface area contributed by atoms with Crippen LogP contribution in [0.2, 0.25) is 0 Å². The van der Waals surface area contributed by atoms with E-state index in [1.807, 2.05) is 24.3 Å². The van der Waals surface area contributed by atoms with Crippen LogP contribution in [0.4, 0.5) is 5.69 Å². The molecular weight excluding hydrogens is 250 g/mol. The lowest BCUT2D eigenvalue weighted by atomic mass is 10.0. The standard InChI is InChI=1S/C17H21NO2/c19-8-7-10-1-5-13(6-2-10)18-17(20)16-14-11-3-4-12(9-11)15(14)16/h1-2,5-6,11-12,14-16,19H,3-4,7-9H2,(H,18,20). The minimum atomic E-state index is 0.167. The number of rotatable bonds is 4. The SMILES string of the molecule is O=C(Nc1ccc(CCO)cc1)C1C2C3CCC(C3)C12. The van der Waals surface area contributed by atoms with Crippen molar-refractivity contribution in [1.29, 1.82) is 0 Å². The van der Waals surface area contributed by atoms with Gasteiger partial charge in [-0.3, -0.25) is 4.79 Å². The molecule has 1 aromatic rings. The first kappa shape index (κ1) is 12.4. The summed E-state index contributed by atoms with van der Waals surface area (Å²) in [7, 11) is 0. The molecule has 0 saturated heterocycles.